The Labute approximate surface area is 111 Å². The molecule has 7 nitrogen and oxygen atoms in total. The molecule has 0 aromatic rings. The standard InChI is InChI=1S/C12H18O7/c1-3-17-11(14)9(12(15)18-4-2)10(13)8-7-16-5-6-19-8/h8-9H,3-7H2,1-2H3. The first kappa shape index (κ1) is 15.6. The summed E-state index contributed by atoms with van der Waals surface area (Å²) in [5.41, 5.74) is 0. The molecule has 0 amide bonds. The van der Waals surface area contributed by atoms with E-state index in [0.29, 0.717) is 6.61 Å². The van der Waals surface area contributed by atoms with Gasteiger partial charge < -0.3 is 18.9 Å². The number of hydrogen-bond acceptors (Lipinski definition) is 7. The van der Waals surface area contributed by atoms with Gasteiger partial charge in [0.05, 0.1) is 33.0 Å². The van der Waals surface area contributed by atoms with Crippen molar-refractivity contribution in [1.82, 2.24) is 0 Å². The van der Waals surface area contributed by atoms with E-state index >= 15 is 0 Å². The van der Waals surface area contributed by atoms with E-state index in [9.17, 15) is 14.4 Å². The molecule has 1 fully saturated rings. The molecule has 1 aliphatic rings. The molecule has 0 aliphatic carbocycles. The van der Waals surface area contributed by atoms with Crippen LogP contribution in [0.4, 0.5) is 0 Å². The van der Waals surface area contributed by atoms with Crippen molar-refractivity contribution in [1.29, 1.82) is 0 Å². The molecular formula is C12H18O7. The van der Waals surface area contributed by atoms with E-state index in [1.165, 1.54) is 0 Å². The molecule has 108 valence electrons. The molecule has 1 atom stereocenters. The molecule has 0 bridgehead atoms. The molecule has 7 heteroatoms. The quantitative estimate of drug-likeness (QED) is 0.486. The summed E-state index contributed by atoms with van der Waals surface area (Å²) in [5.74, 6) is -4.12. The van der Waals surface area contributed by atoms with Crippen molar-refractivity contribution in [3.63, 3.8) is 0 Å². The predicted molar refractivity (Wildman–Crippen MR) is 62.3 cm³/mol. The summed E-state index contributed by atoms with van der Waals surface area (Å²) in [7, 11) is 0. The van der Waals surface area contributed by atoms with Crippen LogP contribution in [0.2, 0.25) is 0 Å². The van der Waals surface area contributed by atoms with Crippen molar-refractivity contribution >= 4 is 17.7 Å². The van der Waals surface area contributed by atoms with Gasteiger partial charge in [0, 0.05) is 0 Å². The Balaban J connectivity index is 2.78. The van der Waals surface area contributed by atoms with Crippen LogP contribution < -0.4 is 0 Å². The van der Waals surface area contributed by atoms with Crippen molar-refractivity contribution in [3.05, 3.63) is 0 Å². The summed E-state index contributed by atoms with van der Waals surface area (Å²) in [4.78, 5) is 35.5. The van der Waals surface area contributed by atoms with E-state index in [4.69, 9.17) is 18.9 Å². The zero-order valence-corrected chi connectivity index (χ0v) is 11.0. The number of ketones is 1. The van der Waals surface area contributed by atoms with Crippen LogP contribution in [-0.2, 0) is 33.3 Å². The predicted octanol–water partition coefficient (Wildman–Crippen LogP) is -0.287. The second-order valence-electron chi connectivity index (χ2n) is 3.77. The fourth-order valence-corrected chi connectivity index (χ4v) is 1.62. The van der Waals surface area contributed by atoms with E-state index in [0.717, 1.165) is 0 Å². The van der Waals surface area contributed by atoms with Crippen molar-refractivity contribution in [2.45, 2.75) is 20.0 Å². The molecule has 1 heterocycles. The van der Waals surface area contributed by atoms with E-state index in [1.807, 2.05) is 0 Å². The number of hydrogen-bond donors (Lipinski definition) is 0. The summed E-state index contributed by atoms with van der Waals surface area (Å²) < 4.78 is 19.7. The molecule has 1 unspecified atom stereocenters. The average Bonchev–Trinajstić information content (AvgIpc) is 2.40. The Morgan fingerprint density at radius 1 is 1.11 bits per heavy atom. The topological polar surface area (TPSA) is 88.1 Å². The molecule has 1 rings (SSSR count). The third-order valence-corrected chi connectivity index (χ3v) is 2.46. The van der Waals surface area contributed by atoms with Gasteiger partial charge in [-0.3, -0.25) is 14.4 Å². The number of rotatable bonds is 6. The largest absolute Gasteiger partial charge is 0.465 e. The highest BCUT2D eigenvalue weighted by Gasteiger charge is 2.41. The fourth-order valence-electron chi connectivity index (χ4n) is 1.62. The molecule has 1 aliphatic heterocycles. The summed E-state index contributed by atoms with van der Waals surface area (Å²) >= 11 is 0. The van der Waals surface area contributed by atoms with Gasteiger partial charge in [0.2, 0.25) is 5.92 Å². The van der Waals surface area contributed by atoms with Crippen molar-refractivity contribution in [2.24, 2.45) is 5.92 Å². The zero-order chi connectivity index (χ0) is 14.3. The van der Waals surface area contributed by atoms with Crippen molar-refractivity contribution in [3.8, 4) is 0 Å². The van der Waals surface area contributed by atoms with Gasteiger partial charge in [0.1, 0.15) is 6.10 Å². The SMILES string of the molecule is CCOC(=O)C(C(=O)OCC)C(=O)C1COCCO1. The third-order valence-electron chi connectivity index (χ3n) is 2.46. The van der Waals surface area contributed by atoms with Crippen LogP contribution in [0.25, 0.3) is 0 Å². The van der Waals surface area contributed by atoms with E-state index < -0.39 is 29.7 Å². The molecule has 19 heavy (non-hydrogen) atoms. The summed E-state index contributed by atoms with van der Waals surface area (Å²) in [6.45, 7) is 3.97. The van der Waals surface area contributed by atoms with Gasteiger partial charge in [-0.05, 0) is 13.8 Å². The smallest absolute Gasteiger partial charge is 0.328 e. The van der Waals surface area contributed by atoms with Gasteiger partial charge in [-0.1, -0.05) is 0 Å². The molecule has 0 radical (unpaired) electrons. The van der Waals surface area contributed by atoms with Crippen molar-refractivity contribution in [2.75, 3.05) is 33.0 Å². The highest BCUT2D eigenvalue weighted by atomic mass is 16.6. The zero-order valence-electron chi connectivity index (χ0n) is 11.0. The number of Topliss-reactive ketones (excluding diaryl/α,β-unsaturated/α-hetero) is 1. The van der Waals surface area contributed by atoms with Crippen LogP contribution in [0, 0.1) is 5.92 Å². The monoisotopic (exact) mass is 274 g/mol. The van der Waals surface area contributed by atoms with Crippen LogP contribution in [0.3, 0.4) is 0 Å². The molecule has 1 saturated heterocycles. The molecular weight excluding hydrogens is 256 g/mol. The first-order chi connectivity index (χ1) is 9.11. The van der Waals surface area contributed by atoms with Crippen LogP contribution in [0.5, 0.6) is 0 Å². The molecule has 0 aromatic heterocycles. The van der Waals surface area contributed by atoms with Gasteiger partial charge in [-0.15, -0.1) is 0 Å². The number of esters is 2. The summed E-state index contributed by atoms with van der Waals surface area (Å²) in [5, 5.41) is 0. The Bertz CT molecular complexity index is 315. The maximum Gasteiger partial charge on any atom is 0.328 e. The van der Waals surface area contributed by atoms with Crippen LogP contribution >= 0.6 is 0 Å². The normalized spacial score (nSPS) is 19.0. The van der Waals surface area contributed by atoms with Gasteiger partial charge in [0.15, 0.2) is 5.78 Å². The number of carbonyl (C=O) groups excluding carboxylic acids is 3. The fraction of sp³-hybridized carbons (Fsp3) is 0.750. The van der Waals surface area contributed by atoms with Gasteiger partial charge in [-0.2, -0.15) is 0 Å². The lowest BCUT2D eigenvalue weighted by Crippen LogP contribution is -2.45. The minimum Gasteiger partial charge on any atom is -0.465 e. The Morgan fingerprint density at radius 3 is 2.11 bits per heavy atom. The molecule has 0 saturated carbocycles. The maximum absolute atomic E-state index is 12.1. The highest BCUT2D eigenvalue weighted by molar-refractivity contribution is 6.16. The molecule has 0 spiro atoms. The second kappa shape index (κ2) is 7.85. The highest BCUT2D eigenvalue weighted by Crippen LogP contribution is 2.13. The lowest BCUT2D eigenvalue weighted by atomic mass is 10.00. The number of carbonyl (C=O) groups is 3. The van der Waals surface area contributed by atoms with E-state index in [2.05, 4.69) is 0 Å². The average molecular weight is 274 g/mol. The Morgan fingerprint density at radius 2 is 1.68 bits per heavy atom. The minimum atomic E-state index is -1.61. The Hall–Kier alpha value is -1.47. The third kappa shape index (κ3) is 4.29. The van der Waals surface area contributed by atoms with Gasteiger partial charge in [0.25, 0.3) is 0 Å². The minimum absolute atomic E-state index is 0.0220. The van der Waals surface area contributed by atoms with Crippen LogP contribution in [0.15, 0.2) is 0 Å². The summed E-state index contributed by atoms with van der Waals surface area (Å²) in [6, 6.07) is 0. The maximum atomic E-state index is 12.1. The molecule has 0 aromatic carbocycles. The lowest BCUT2D eigenvalue weighted by molar-refractivity contribution is -0.170. The first-order valence-electron chi connectivity index (χ1n) is 6.18. The van der Waals surface area contributed by atoms with E-state index in [1.54, 1.807) is 13.8 Å². The van der Waals surface area contributed by atoms with Gasteiger partial charge >= 0.3 is 11.9 Å². The lowest BCUT2D eigenvalue weighted by Gasteiger charge is -2.24. The van der Waals surface area contributed by atoms with E-state index in [-0.39, 0.29) is 26.4 Å². The first-order valence-corrected chi connectivity index (χ1v) is 6.18. The molecule has 0 N–H and O–H groups in total. The second-order valence-corrected chi connectivity index (χ2v) is 3.77. The summed E-state index contributed by atoms with van der Waals surface area (Å²) in [6.07, 6.45) is -0.937. The van der Waals surface area contributed by atoms with Crippen LogP contribution in [-0.4, -0.2) is 56.9 Å². The van der Waals surface area contributed by atoms with Gasteiger partial charge in [-0.25, -0.2) is 0 Å². The van der Waals surface area contributed by atoms with Crippen LogP contribution in [0.1, 0.15) is 13.8 Å². The number of ether oxygens (including phenoxy) is 4. The Kier molecular flexibility index (Phi) is 6.44. The van der Waals surface area contributed by atoms with Crippen molar-refractivity contribution < 1.29 is 33.3 Å².